The van der Waals surface area contributed by atoms with E-state index in [1.54, 1.807) is 11.1 Å². The molecule has 2 heterocycles. The molecule has 4 N–H and O–H groups in total. The highest BCUT2D eigenvalue weighted by atomic mass is 31.2. The molecular formula is C18H29N4O8P. The number of allylic oxidation sites excluding steroid dienone is 1. The molecule has 4 unspecified atom stereocenters. The van der Waals surface area contributed by atoms with Gasteiger partial charge in [-0.3, -0.25) is 18.9 Å². The van der Waals surface area contributed by atoms with Gasteiger partial charge in [0.05, 0.1) is 26.9 Å². The van der Waals surface area contributed by atoms with Crippen molar-refractivity contribution in [3.8, 4) is 0 Å². The fourth-order valence-electron chi connectivity index (χ4n) is 2.99. The lowest BCUT2D eigenvalue weighted by atomic mass is 10.1. The van der Waals surface area contributed by atoms with Gasteiger partial charge in [0.2, 0.25) is 5.91 Å². The molecule has 31 heavy (non-hydrogen) atoms. The summed E-state index contributed by atoms with van der Waals surface area (Å²) in [5.41, 5.74) is 5.82. The Balaban J connectivity index is 1.96. The van der Waals surface area contributed by atoms with Crippen molar-refractivity contribution < 1.29 is 37.7 Å². The third kappa shape index (κ3) is 7.44. The molecule has 0 radical (unpaired) electrons. The number of carbonyl (C=O) groups is 3. The van der Waals surface area contributed by atoms with Crippen LogP contribution in [-0.2, 0) is 37.7 Å². The number of carbonyl (C=O) groups excluding carboxylic acids is 3. The number of amides is 1. The molecule has 1 saturated heterocycles. The van der Waals surface area contributed by atoms with Crippen LogP contribution in [0.25, 0.3) is 0 Å². The van der Waals surface area contributed by atoms with E-state index in [-0.39, 0.29) is 19.4 Å². The van der Waals surface area contributed by atoms with E-state index in [4.69, 9.17) is 15.0 Å². The summed E-state index contributed by atoms with van der Waals surface area (Å²) in [6.45, 7) is 1.00. The molecule has 4 atom stereocenters. The monoisotopic (exact) mass is 460 g/mol. The molecule has 13 heteroatoms. The van der Waals surface area contributed by atoms with Crippen LogP contribution in [0.1, 0.15) is 26.2 Å². The summed E-state index contributed by atoms with van der Waals surface area (Å²) in [5.74, 6) is -1.78. The standard InChI is InChI=1S/C18H29N4O8P/c1-12(18(25)28-3)21-31(26,20-9-16(23)27-2)29-11-14-6-7-15(30-14)22-8-4-5-13(10-22)17(19)24/h4,8,10,12,14-15H,5-7,9,11H2,1-3H3,(H2,19,24)(H2,20,21,26). The molecule has 0 aromatic heterocycles. The van der Waals surface area contributed by atoms with Gasteiger partial charge in [0.15, 0.2) is 0 Å². The molecule has 0 aromatic rings. The Labute approximate surface area is 180 Å². The number of hydrogen-bond acceptors (Lipinski definition) is 9. The number of nitrogens with two attached hydrogens (primary N) is 1. The van der Waals surface area contributed by atoms with Crippen LogP contribution in [-0.4, -0.2) is 68.5 Å². The number of rotatable bonds is 11. The summed E-state index contributed by atoms with van der Waals surface area (Å²) in [7, 11) is -1.42. The molecule has 1 fully saturated rings. The second kappa shape index (κ2) is 11.4. The minimum absolute atomic E-state index is 0.0627. The second-order valence-electron chi connectivity index (χ2n) is 6.98. The number of methoxy groups -OCH3 is 2. The van der Waals surface area contributed by atoms with Crippen molar-refractivity contribution in [2.45, 2.75) is 44.6 Å². The fourth-order valence-corrected chi connectivity index (χ4v) is 4.58. The maximum Gasteiger partial charge on any atom is 0.342 e. The Morgan fingerprint density at radius 3 is 2.71 bits per heavy atom. The quantitative estimate of drug-likeness (QED) is 0.284. The molecule has 0 aromatic carbocycles. The first-order valence-electron chi connectivity index (χ1n) is 9.69. The summed E-state index contributed by atoms with van der Waals surface area (Å²) >= 11 is 0. The zero-order valence-electron chi connectivity index (χ0n) is 17.7. The lowest BCUT2D eigenvalue weighted by Gasteiger charge is -2.27. The van der Waals surface area contributed by atoms with E-state index in [0.717, 1.165) is 0 Å². The molecule has 0 bridgehead atoms. The third-order valence-electron chi connectivity index (χ3n) is 4.67. The van der Waals surface area contributed by atoms with E-state index in [1.807, 2.05) is 12.3 Å². The SMILES string of the molecule is COC(=O)CNP(=O)(NC(C)C(=O)OC)OCC1CCC(N2C=CCC(C(N)=O)=C2)O1. The average Bonchev–Trinajstić information content (AvgIpc) is 3.25. The minimum atomic E-state index is -3.82. The number of ether oxygens (including phenoxy) is 3. The number of hydrogen-bond donors (Lipinski definition) is 3. The van der Waals surface area contributed by atoms with Crippen molar-refractivity contribution in [1.29, 1.82) is 0 Å². The Morgan fingerprint density at radius 1 is 1.32 bits per heavy atom. The molecule has 12 nitrogen and oxygen atoms in total. The van der Waals surface area contributed by atoms with Crippen molar-refractivity contribution >= 4 is 25.5 Å². The molecule has 0 aliphatic carbocycles. The Hall–Kier alpha value is -2.24. The lowest BCUT2D eigenvalue weighted by Crippen LogP contribution is -2.39. The van der Waals surface area contributed by atoms with Crippen molar-refractivity contribution in [1.82, 2.24) is 15.1 Å². The van der Waals surface area contributed by atoms with Crippen LogP contribution < -0.4 is 15.9 Å². The van der Waals surface area contributed by atoms with Gasteiger partial charge in [-0.2, -0.15) is 0 Å². The van der Waals surface area contributed by atoms with E-state index in [2.05, 4.69) is 19.6 Å². The molecular weight excluding hydrogens is 431 g/mol. The molecule has 2 aliphatic rings. The van der Waals surface area contributed by atoms with Gasteiger partial charge < -0.3 is 29.4 Å². The maximum absolute atomic E-state index is 13.1. The van der Waals surface area contributed by atoms with E-state index in [9.17, 15) is 18.9 Å². The minimum Gasteiger partial charge on any atom is -0.468 e. The normalized spacial score (nSPS) is 23.6. The van der Waals surface area contributed by atoms with Crippen molar-refractivity contribution in [3.05, 3.63) is 24.0 Å². The van der Waals surface area contributed by atoms with Gasteiger partial charge in [0.25, 0.3) is 0 Å². The van der Waals surface area contributed by atoms with Crippen LogP contribution in [0.3, 0.4) is 0 Å². The maximum atomic E-state index is 13.1. The predicted octanol–water partition coefficient (Wildman–Crippen LogP) is 0.119. The van der Waals surface area contributed by atoms with Crippen LogP contribution >= 0.6 is 7.67 Å². The highest BCUT2D eigenvalue weighted by Gasteiger charge is 2.34. The van der Waals surface area contributed by atoms with Crippen LogP contribution in [0.15, 0.2) is 24.0 Å². The van der Waals surface area contributed by atoms with E-state index < -0.39 is 37.7 Å². The second-order valence-corrected chi connectivity index (χ2v) is 8.91. The van der Waals surface area contributed by atoms with E-state index in [0.29, 0.717) is 24.8 Å². The number of primary amides is 1. The summed E-state index contributed by atoms with van der Waals surface area (Å²) in [6.07, 6.45) is 6.27. The van der Waals surface area contributed by atoms with Gasteiger partial charge in [-0.05, 0) is 26.2 Å². The van der Waals surface area contributed by atoms with Crippen LogP contribution in [0, 0.1) is 0 Å². The third-order valence-corrected chi connectivity index (χ3v) is 6.49. The highest BCUT2D eigenvalue weighted by Crippen LogP contribution is 2.39. The first-order valence-corrected chi connectivity index (χ1v) is 11.3. The van der Waals surface area contributed by atoms with Gasteiger partial charge >= 0.3 is 19.6 Å². The zero-order valence-corrected chi connectivity index (χ0v) is 18.6. The van der Waals surface area contributed by atoms with Gasteiger partial charge in [0.1, 0.15) is 18.8 Å². The number of nitrogens with one attached hydrogen (secondary N) is 2. The first kappa shape index (κ1) is 25.0. The number of esters is 2. The van der Waals surface area contributed by atoms with Gasteiger partial charge in [0, 0.05) is 18.0 Å². The molecule has 1 amide bonds. The van der Waals surface area contributed by atoms with Crippen molar-refractivity contribution in [2.24, 2.45) is 5.73 Å². The average molecular weight is 460 g/mol. The predicted molar refractivity (Wildman–Crippen MR) is 109 cm³/mol. The van der Waals surface area contributed by atoms with Crippen molar-refractivity contribution in [2.75, 3.05) is 27.4 Å². The smallest absolute Gasteiger partial charge is 0.342 e. The Kier molecular flexibility index (Phi) is 9.20. The summed E-state index contributed by atoms with van der Waals surface area (Å²) in [4.78, 5) is 36.3. The summed E-state index contributed by atoms with van der Waals surface area (Å²) < 4.78 is 33.7. The van der Waals surface area contributed by atoms with Crippen LogP contribution in [0.4, 0.5) is 0 Å². The molecule has 174 valence electrons. The van der Waals surface area contributed by atoms with Gasteiger partial charge in [-0.25, -0.2) is 10.2 Å². The largest absolute Gasteiger partial charge is 0.468 e. The van der Waals surface area contributed by atoms with E-state index >= 15 is 0 Å². The molecule has 0 saturated carbocycles. The van der Waals surface area contributed by atoms with Crippen LogP contribution in [0.5, 0.6) is 0 Å². The highest BCUT2D eigenvalue weighted by molar-refractivity contribution is 7.54. The summed E-state index contributed by atoms with van der Waals surface area (Å²) in [5, 5.41) is 5.02. The van der Waals surface area contributed by atoms with Gasteiger partial charge in [-0.1, -0.05) is 6.08 Å². The van der Waals surface area contributed by atoms with Gasteiger partial charge in [-0.15, -0.1) is 0 Å². The Bertz CT molecular complexity index is 787. The van der Waals surface area contributed by atoms with Crippen molar-refractivity contribution in [3.63, 3.8) is 0 Å². The lowest BCUT2D eigenvalue weighted by molar-refractivity contribution is -0.142. The fraction of sp³-hybridized carbons (Fsp3) is 0.611. The van der Waals surface area contributed by atoms with Crippen LogP contribution in [0.2, 0.25) is 0 Å². The summed E-state index contributed by atoms with van der Waals surface area (Å²) in [6, 6.07) is -0.950. The molecule has 2 aliphatic heterocycles. The first-order chi connectivity index (χ1) is 14.7. The van der Waals surface area contributed by atoms with E-state index in [1.165, 1.54) is 21.1 Å². The zero-order chi connectivity index (χ0) is 23.0. The molecule has 2 rings (SSSR count). The number of nitrogens with zero attached hydrogens (tertiary/aromatic N) is 1. The topological polar surface area (TPSA) is 159 Å². The molecule has 0 spiro atoms. The Morgan fingerprint density at radius 2 is 2.06 bits per heavy atom.